The van der Waals surface area contributed by atoms with E-state index in [0.29, 0.717) is 53.9 Å². The van der Waals surface area contributed by atoms with Crippen molar-refractivity contribution in [1.82, 2.24) is 9.88 Å². The molecule has 1 amide bonds. The number of likely N-dealkylation sites (tertiary alicyclic amines) is 1. The number of aliphatic hydroxyl groups is 1. The van der Waals surface area contributed by atoms with Crippen LogP contribution in [0.2, 0.25) is 0 Å². The predicted molar refractivity (Wildman–Crippen MR) is 143 cm³/mol. The van der Waals surface area contributed by atoms with Gasteiger partial charge in [-0.05, 0) is 54.4 Å². The van der Waals surface area contributed by atoms with Gasteiger partial charge in [0.1, 0.15) is 25.6 Å². The van der Waals surface area contributed by atoms with Crippen molar-refractivity contribution in [2.75, 3.05) is 26.4 Å². The molecule has 5 rings (SSSR count). The van der Waals surface area contributed by atoms with Crippen LogP contribution < -0.4 is 18.9 Å². The molecule has 1 atom stereocenters. The van der Waals surface area contributed by atoms with Gasteiger partial charge in [-0.15, -0.1) is 0 Å². The molecule has 1 fully saturated rings. The Labute approximate surface area is 225 Å². The molecule has 200 valence electrons. The van der Waals surface area contributed by atoms with E-state index in [4.69, 9.17) is 18.9 Å². The van der Waals surface area contributed by atoms with Crippen LogP contribution in [0, 0.1) is 0 Å². The molecule has 0 spiro atoms. The summed E-state index contributed by atoms with van der Waals surface area (Å²) in [5, 5.41) is 11.5. The summed E-state index contributed by atoms with van der Waals surface area (Å²) in [6, 6.07) is 12.8. The minimum absolute atomic E-state index is 0.0391. The Morgan fingerprint density at radius 2 is 1.92 bits per heavy atom. The van der Waals surface area contributed by atoms with E-state index in [1.54, 1.807) is 60.9 Å². The van der Waals surface area contributed by atoms with Gasteiger partial charge >= 0.3 is 0 Å². The molecule has 0 radical (unpaired) electrons. The normalized spacial score (nSPS) is 17.7. The monoisotopic (exact) mass is 528 g/mol. The molecule has 9 nitrogen and oxygen atoms in total. The molecule has 1 aromatic heterocycles. The van der Waals surface area contributed by atoms with Crippen molar-refractivity contribution < 1.29 is 33.6 Å². The van der Waals surface area contributed by atoms with E-state index in [9.17, 15) is 14.7 Å². The number of hydrogen-bond acceptors (Lipinski definition) is 8. The molecule has 2 aliphatic rings. The molecule has 0 saturated carbocycles. The van der Waals surface area contributed by atoms with Gasteiger partial charge in [-0.25, -0.2) is 0 Å². The first-order chi connectivity index (χ1) is 19.0. The highest BCUT2D eigenvalue weighted by atomic mass is 16.6. The maximum Gasteiger partial charge on any atom is 0.295 e. The number of fused-ring (bicyclic) bond motifs is 1. The Hall–Kier alpha value is -4.79. The smallest absolute Gasteiger partial charge is 0.295 e. The summed E-state index contributed by atoms with van der Waals surface area (Å²) in [5.41, 5.74) is 1.61. The fourth-order valence-electron chi connectivity index (χ4n) is 4.66. The Balaban J connectivity index is 1.64. The number of ether oxygens (including phenoxy) is 4. The molecule has 1 saturated heterocycles. The van der Waals surface area contributed by atoms with Crippen molar-refractivity contribution in [1.29, 1.82) is 0 Å². The number of carbonyl (C=O) groups is 2. The van der Waals surface area contributed by atoms with Crippen LogP contribution in [-0.4, -0.2) is 53.1 Å². The van der Waals surface area contributed by atoms with Crippen LogP contribution in [0.4, 0.5) is 0 Å². The first-order valence-electron chi connectivity index (χ1n) is 12.6. The Morgan fingerprint density at radius 1 is 1.10 bits per heavy atom. The first kappa shape index (κ1) is 25.8. The number of pyridine rings is 1. The number of Topliss-reactive ketones (excluding diaryl/α,β-unsaturated/α-hetero) is 1. The molecule has 9 heteroatoms. The van der Waals surface area contributed by atoms with E-state index in [1.807, 2.05) is 13.0 Å². The minimum Gasteiger partial charge on any atom is -0.507 e. The minimum atomic E-state index is -0.897. The van der Waals surface area contributed by atoms with Gasteiger partial charge in [-0.1, -0.05) is 24.8 Å². The maximum atomic E-state index is 13.5. The first-order valence-corrected chi connectivity index (χ1v) is 12.6. The molecular formula is C30H28N2O7. The molecule has 2 aliphatic heterocycles. The van der Waals surface area contributed by atoms with Crippen LogP contribution in [-0.2, 0) is 16.1 Å². The van der Waals surface area contributed by atoms with Crippen molar-refractivity contribution in [3.8, 4) is 23.0 Å². The second-order valence-corrected chi connectivity index (χ2v) is 8.89. The van der Waals surface area contributed by atoms with E-state index >= 15 is 0 Å². The SMILES string of the molecule is C=CCOc1ccc([C@@H]2C(=C(O)c3ccc4c(c3)OCCO4)C(=O)C(=O)N2Cc2cccnc2)cc1OCC. The van der Waals surface area contributed by atoms with E-state index in [1.165, 1.54) is 4.90 Å². The third kappa shape index (κ3) is 5.16. The topological polar surface area (TPSA) is 107 Å². The zero-order chi connectivity index (χ0) is 27.4. The fraction of sp³-hybridized carbons (Fsp3) is 0.233. The van der Waals surface area contributed by atoms with Crippen LogP contribution in [0.1, 0.15) is 29.7 Å². The zero-order valence-corrected chi connectivity index (χ0v) is 21.5. The number of hydrogen-bond donors (Lipinski definition) is 1. The van der Waals surface area contributed by atoms with Gasteiger partial charge in [-0.2, -0.15) is 0 Å². The van der Waals surface area contributed by atoms with Crippen molar-refractivity contribution in [2.45, 2.75) is 19.5 Å². The summed E-state index contributed by atoms with van der Waals surface area (Å²) in [4.78, 5) is 32.4. The van der Waals surface area contributed by atoms with Crippen LogP contribution >= 0.6 is 0 Å². The van der Waals surface area contributed by atoms with Gasteiger partial charge in [0.15, 0.2) is 23.0 Å². The molecule has 0 aliphatic carbocycles. The number of benzene rings is 2. The average molecular weight is 529 g/mol. The summed E-state index contributed by atoms with van der Waals surface area (Å²) in [7, 11) is 0. The lowest BCUT2D eigenvalue weighted by Crippen LogP contribution is -2.29. The third-order valence-corrected chi connectivity index (χ3v) is 6.37. The predicted octanol–water partition coefficient (Wildman–Crippen LogP) is 4.44. The number of aromatic nitrogens is 1. The number of amides is 1. The van der Waals surface area contributed by atoms with E-state index in [-0.39, 0.29) is 24.5 Å². The zero-order valence-electron chi connectivity index (χ0n) is 21.5. The molecule has 0 bridgehead atoms. The summed E-state index contributed by atoms with van der Waals surface area (Å²) in [6.45, 7) is 7.09. The molecule has 3 heterocycles. The van der Waals surface area contributed by atoms with Crippen molar-refractivity contribution >= 4 is 17.4 Å². The Bertz CT molecular complexity index is 1430. The highest BCUT2D eigenvalue weighted by molar-refractivity contribution is 6.46. The van der Waals surface area contributed by atoms with Gasteiger partial charge < -0.3 is 29.0 Å². The van der Waals surface area contributed by atoms with E-state index < -0.39 is 17.7 Å². The molecular weight excluding hydrogens is 500 g/mol. The molecule has 1 N–H and O–H groups in total. The van der Waals surface area contributed by atoms with Crippen LogP contribution in [0.3, 0.4) is 0 Å². The van der Waals surface area contributed by atoms with Crippen molar-refractivity contribution in [3.05, 3.63) is 95.8 Å². The lowest BCUT2D eigenvalue weighted by atomic mass is 9.94. The average Bonchev–Trinajstić information content (AvgIpc) is 3.21. The summed E-state index contributed by atoms with van der Waals surface area (Å²) < 4.78 is 22.8. The number of ketones is 1. The third-order valence-electron chi connectivity index (χ3n) is 6.37. The van der Waals surface area contributed by atoms with Crippen LogP contribution in [0.15, 0.2) is 79.2 Å². The Morgan fingerprint density at radius 3 is 2.67 bits per heavy atom. The summed E-state index contributed by atoms with van der Waals surface area (Å²) in [6.07, 6.45) is 4.89. The highest BCUT2D eigenvalue weighted by Gasteiger charge is 2.46. The van der Waals surface area contributed by atoms with Gasteiger partial charge in [0.2, 0.25) is 0 Å². The van der Waals surface area contributed by atoms with Gasteiger partial charge in [0, 0.05) is 24.5 Å². The number of nitrogens with zero attached hydrogens (tertiary/aromatic N) is 2. The maximum absolute atomic E-state index is 13.5. The van der Waals surface area contributed by atoms with Crippen LogP contribution in [0.5, 0.6) is 23.0 Å². The fourth-order valence-corrected chi connectivity index (χ4v) is 4.66. The summed E-state index contributed by atoms with van der Waals surface area (Å²) >= 11 is 0. The number of rotatable bonds is 9. The van der Waals surface area contributed by atoms with Gasteiger partial charge in [0.05, 0.1) is 18.2 Å². The molecule has 2 aromatic carbocycles. The Kier molecular flexibility index (Phi) is 7.49. The number of carbonyl (C=O) groups excluding carboxylic acids is 2. The highest BCUT2D eigenvalue weighted by Crippen LogP contribution is 2.43. The molecule has 3 aromatic rings. The van der Waals surface area contributed by atoms with E-state index in [0.717, 1.165) is 5.56 Å². The van der Waals surface area contributed by atoms with E-state index in [2.05, 4.69) is 11.6 Å². The quantitative estimate of drug-likeness (QED) is 0.188. The van der Waals surface area contributed by atoms with Gasteiger partial charge in [0.25, 0.3) is 11.7 Å². The second kappa shape index (κ2) is 11.3. The lowest BCUT2D eigenvalue weighted by Gasteiger charge is -2.26. The van der Waals surface area contributed by atoms with Crippen LogP contribution in [0.25, 0.3) is 5.76 Å². The molecule has 0 unspecified atom stereocenters. The summed E-state index contributed by atoms with van der Waals surface area (Å²) in [5.74, 6) is 0.111. The molecule has 39 heavy (non-hydrogen) atoms. The van der Waals surface area contributed by atoms with Gasteiger partial charge in [-0.3, -0.25) is 14.6 Å². The van der Waals surface area contributed by atoms with Crippen molar-refractivity contribution in [3.63, 3.8) is 0 Å². The number of aliphatic hydroxyl groups excluding tert-OH is 1. The standard InChI is InChI=1S/C30H28N2O7/c1-3-12-37-22-9-7-20(15-24(22)36-4-2)27-26(28(33)21-8-10-23-25(16-21)39-14-13-38-23)29(34)30(35)32(27)18-19-6-5-11-31-17-19/h3,5-11,15-17,27,33H,1,4,12-14,18H2,2H3/t27-/m1/s1. The van der Waals surface area contributed by atoms with Crippen molar-refractivity contribution in [2.24, 2.45) is 0 Å². The lowest BCUT2D eigenvalue weighted by molar-refractivity contribution is -0.140. The largest absolute Gasteiger partial charge is 0.507 e. The second-order valence-electron chi connectivity index (χ2n) is 8.89.